The zero-order chi connectivity index (χ0) is 21.7. The summed E-state index contributed by atoms with van der Waals surface area (Å²) in [6.45, 7) is 14.2. The summed E-state index contributed by atoms with van der Waals surface area (Å²) in [5.41, 5.74) is 3.29. The van der Waals surface area contributed by atoms with Crippen LogP contribution < -0.4 is 5.32 Å². The predicted molar refractivity (Wildman–Crippen MR) is 117 cm³/mol. The van der Waals surface area contributed by atoms with Crippen molar-refractivity contribution in [1.29, 1.82) is 0 Å². The summed E-state index contributed by atoms with van der Waals surface area (Å²) in [5, 5.41) is 3.04. The van der Waals surface area contributed by atoms with Gasteiger partial charge in [-0.25, -0.2) is 9.59 Å². The summed E-state index contributed by atoms with van der Waals surface area (Å²) in [7, 11) is 0. The highest BCUT2D eigenvalue weighted by molar-refractivity contribution is 5.95. The summed E-state index contributed by atoms with van der Waals surface area (Å²) in [6.07, 6.45) is 0. The number of carbonyl (C=O) groups excluding carboxylic acids is 2. The van der Waals surface area contributed by atoms with Crippen LogP contribution in [0.25, 0.3) is 0 Å². The molecule has 2 amide bonds. The molecule has 7 nitrogen and oxygen atoms in total. The second-order valence-corrected chi connectivity index (χ2v) is 7.83. The standard InChI is InChI=1S/C23H34N4O3/c1-5-25-11-13-26(14-12-25)16-19-20(22(28)30-7-3)21(24-23(29)27(19)6-2)18-10-8-9-17(4)15-18/h8-10,15,21H,5-7,11-14,16H2,1-4H3,(H,24,29)/t21-/m0/s1. The number of benzene rings is 1. The molecule has 0 saturated carbocycles. The predicted octanol–water partition coefficient (Wildman–Crippen LogP) is 2.54. The van der Waals surface area contributed by atoms with Gasteiger partial charge in [0.25, 0.3) is 0 Å². The summed E-state index contributed by atoms with van der Waals surface area (Å²) in [6, 6.07) is 7.26. The van der Waals surface area contributed by atoms with E-state index in [2.05, 4.69) is 22.0 Å². The van der Waals surface area contributed by atoms with E-state index in [1.807, 2.05) is 45.0 Å². The van der Waals surface area contributed by atoms with Gasteiger partial charge in [-0.05, 0) is 32.9 Å². The Bertz CT molecular complexity index is 799. The molecule has 0 radical (unpaired) electrons. The van der Waals surface area contributed by atoms with E-state index in [1.54, 1.807) is 4.90 Å². The van der Waals surface area contributed by atoms with Gasteiger partial charge in [0.05, 0.1) is 18.2 Å². The molecule has 7 heteroatoms. The lowest BCUT2D eigenvalue weighted by Gasteiger charge is -2.40. The van der Waals surface area contributed by atoms with E-state index < -0.39 is 6.04 Å². The lowest BCUT2D eigenvalue weighted by Crippen LogP contribution is -2.53. The number of nitrogens with one attached hydrogen (secondary N) is 1. The average molecular weight is 415 g/mol. The van der Waals surface area contributed by atoms with Gasteiger partial charge >= 0.3 is 12.0 Å². The van der Waals surface area contributed by atoms with Crippen LogP contribution in [0.4, 0.5) is 4.79 Å². The van der Waals surface area contributed by atoms with Crippen LogP contribution in [0.3, 0.4) is 0 Å². The third kappa shape index (κ3) is 4.84. The fourth-order valence-electron chi connectivity index (χ4n) is 4.23. The third-order valence-electron chi connectivity index (χ3n) is 5.91. The first kappa shape index (κ1) is 22.3. The second-order valence-electron chi connectivity index (χ2n) is 7.83. The third-order valence-corrected chi connectivity index (χ3v) is 5.91. The monoisotopic (exact) mass is 414 g/mol. The van der Waals surface area contributed by atoms with Crippen LogP contribution in [-0.4, -0.2) is 79.1 Å². The van der Waals surface area contributed by atoms with Crippen molar-refractivity contribution in [3.05, 3.63) is 46.7 Å². The summed E-state index contributed by atoms with van der Waals surface area (Å²) < 4.78 is 5.44. The van der Waals surface area contributed by atoms with E-state index in [0.717, 1.165) is 49.5 Å². The minimum absolute atomic E-state index is 0.167. The fraction of sp³-hybridized carbons (Fsp3) is 0.565. The minimum Gasteiger partial charge on any atom is -0.463 e. The molecule has 2 heterocycles. The van der Waals surface area contributed by atoms with E-state index >= 15 is 0 Å². The molecular weight excluding hydrogens is 380 g/mol. The maximum atomic E-state index is 13.1. The second kappa shape index (κ2) is 10.1. The van der Waals surface area contributed by atoms with E-state index in [-0.39, 0.29) is 12.0 Å². The van der Waals surface area contributed by atoms with E-state index in [0.29, 0.717) is 25.3 Å². The molecule has 164 valence electrons. The molecule has 3 rings (SSSR count). The van der Waals surface area contributed by atoms with Crippen molar-refractivity contribution in [2.75, 3.05) is 52.4 Å². The Morgan fingerprint density at radius 3 is 2.40 bits per heavy atom. The number of carbonyl (C=O) groups is 2. The van der Waals surface area contributed by atoms with Crippen LogP contribution in [0.5, 0.6) is 0 Å². The highest BCUT2D eigenvalue weighted by atomic mass is 16.5. The van der Waals surface area contributed by atoms with Gasteiger partial charge in [-0.2, -0.15) is 0 Å². The van der Waals surface area contributed by atoms with Crippen molar-refractivity contribution in [1.82, 2.24) is 20.0 Å². The van der Waals surface area contributed by atoms with Gasteiger partial charge in [0.1, 0.15) is 0 Å². The van der Waals surface area contributed by atoms with Gasteiger partial charge in [0.2, 0.25) is 0 Å². The number of hydrogen-bond donors (Lipinski definition) is 1. The van der Waals surface area contributed by atoms with Crippen LogP contribution in [0.1, 0.15) is 37.9 Å². The molecule has 0 aliphatic carbocycles. The van der Waals surface area contributed by atoms with E-state index in [4.69, 9.17) is 4.74 Å². The van der Waals surface area contributed by atoms with Gasteiger partial charge < -0.3 is 15.0 Å². The lowest BCUT2D eigenvalue weighted by molar-refractivity contribution is -0.139. The van der Waals surface area contributed by atoms with Crippen LogP contribution in [-0.2, 0) is 9.53 Å². The highest BCUT2D eigenvalue weighted by Gasteiger charge is 2.38. The molecule has 2 aliphatic heterocycles. The number of likely N-dealkylation sites (N-methyl/N-ethyl adjacent to an activating group) is 2. The molecule has 0 aromatic heterocycles. The van der Waals surface area contributed by atoms with Crippen molar-refractivity contribution >= 4 is 12.0 Å². The van der Waals surface area contributed by atoms with E-state index in [1.165, 1.54) is 0 Å². The number of ether oxygens (including phenoxy) is 1. The Balaban J connectivity index is 2.01. The SMILES string of the molecule is CCOC(=O)C1=C(CN2CCN(CC)CC2)N(CC)C(=O)N[C@H]1c1cccc(C)c1. The number of rotatable bonds is 7. The van der Waals surface area contributed by atoms with Gasteiger partial charge in [-0.3, -0.25) is 9.80 Å². The molecule has 1 aromatic rings. The first-order valence-corrected chi connectivity index (χ1v) is 11.0. The molecular formula is C23H34N4O3. The lowest BCUT2D eigenvalue weighted by atomic mass is 9.93. The molecule has 0 spiro atoms. The molecule has 1 fully saturated rings. The van der Waals surface area contributed by atoms with Crippen molar-refractivity contribution in [2.45, 2.75) is 33.7 Å². The molecule has 2 aliphatic rings. The van der Waals surface area contributed by atoms with Crippen molar-refractivity contribution in [3.8, 4) is 0 Å². The summed E-state index contributed by atoms with van der Waals surface area (Å²) in [4.78, 5) is 32.5. The first-order valence-electron chi connectivity index (χ1n) is 11.0. The largest absolute Gasteiger partial charge is 0.463 e. The first-order chi connectivity index (χ1) is 14.5. The minimum atomic E-state index is -0.508. The maximum Gasteiger partial charge on any atom is 0.338 e. The van der Waals surface area contributed by atoms with Crippen LogP contribution in [0.15, 0.2) is 35.5 Å². The molecule has 1 atom stereocenters. The van der Waals surface area contributed by atoms with E-state index in [9.17, 15) is 9.59 Å². The maximum absolute atomic E-state index is 13.1. The number of piperazine rings is 1. The zero-order valence-corrected chi connectivity index (χ0v) is 18.6. The number of hydrogen-bond acceptors (Lipinski definition) is 5. The normalized spacial score (nSPS) is 21.0. The van der Waals surface area contributed by atoms with Crippen LogP contribution in [0, 0.1) is 6.92 Å². The van der Waals surface area contributed by atoms with Crippen molar-refractivity contribution in [3.63, 3.8) is 0 Å². The quantitative estimate of drug-likeness (QED) is 0.695. The highest BCUT2D eigenvalue weighted by Crippen LogP contribution is 2.32. The molecule has 30 heavy (non-hydrogen) atoms. The number of esters is 1. The Morgan fingerprint density at radius 1 is 1.10 bits per heavy atom. The summed E-state index contributed by atoms with van der Waals surface area (Å²) in [5.74, 6) is -0.357. The molecule has 1 N–H and O–H groups in total. The number of amides is 2. The fourth-order valence-corrected chi connectivity index (χ4v) is 4.23. The number of aryl methyl sites for hydroxylation is 1. The number of urea groups is 1. The molecule has 0 unspecified atom stereocenters. The summed E-state index contributed by atoms with van der Waals surface area (Å²) >= 11 is 0. The Hall–Kier alpha value is -2.38. The van der Waals surface area contributed by atoms with Crippen molar-refractivity contribution < 1.29 is 14.3 Å². The molecule has 1 saturated heterocycles. The Morgan fingerprint density at radius 2 is 1.80 bits per heavy atom. The van der Waals surface area contributed by atoms with Gasteiger partial charge in [0, 0.05) is 45.0 Å². The topological polar surface area (TPSA) is 65.1 Å². The van der Waals surface area contributed by atoms with Crippen LogP contribution in [0.2, 0.25) is 0 Å². The van der Waals surface area contributed by atoms with Crippen LogP contribution >= 0.6 is 0 Å². The van der Waals surface area contributed by atoms with Gasteiger partial charge in [-0.1, -0.05) is 36.8 Å². The smallest absolute Gasteiger partial charge is 0.338 e. The Labute approximate surface area is 179 Å². The Kier molecular flexibility index (Phi) is 7.50. The average Bonchev–Trinajstić information content (AvgIpc) is 2.74. The number of nitrogens with zero attached hydrogens (tertiary/aromatic N) is 3. The van der Waals surface area contributed by atoms with Crippen molar-refractivity contribution in [2.24, 2.45) is 0 Å². The van der Waals surface area contributed by atoms with Gasteiger partial charge in [0.15, 0.2) is 0 Å². The molecule has 1 aromatic carbocycles. The zero-order valence-electron chi connectivity index (χ0n) is 18.6. The molecule has 0 bridgehead atoms. The van der Waals surface area contributed by atoms with Gasteiger partial charge in [-0.15, -0.1) is 0 Å².